The molecule has 7 N–H and O–H groups in total. The van der Waals surface area contributed by atoms with E-state index in [1.165, 1.54) is 5.48 Å². The molecule has 1 heterocycles. The second kappa shape index (κ2) is 13.9. The third kappa shape index (κ3) is 8.25. The summed E-state index contributed by atoms with van der Waals surface area (Å²) in [5.74, 6) is 4.54. The molecule has 0 saturated heterocycles. The van der Waals surface area contributed by atoms with E-state index in [9.17, 15) is 14.4 Å². The van der Waals surface area contributed by atoms with Gasteiger partial charge in [0.05, 0.1) is 12.2 Å². The number of hydroxylamine groups is 1. The lowest BCUT2D eigenvalue weighted by Crippen LogP contribution is -2.50. The first kappa shape index (κ1) is 27.5. The minimum atomic E-state index is -1.04. The molecule has 0 aliphatic heterocycles. The molecule has 0 fully saturated rings. The number of nitrogens with one attached hydrogen (secondary N) is 4. The number of nitrogens with zero attached hydrogens (tertiary/aromatic N) is 1. The minimum Gasteiger partial charge on any atom is -0.375 e. The number of carbonyl (C=O) groups is 3. The van der Waals surface area contributed by atoms with E-state index in [1.54, 1.807) is 67.0 Å². The SMILES string of the molecule is C.NC[C@H](NC(=O)c1ccc(C#Cc2ccc(NC(=O)CNc3cccnc3)cc2)cc1)C(=O)NO. The van der Waals surface area contributed by atoms with Crippen molar-refractivity contribution in [3.63, 3.8) is 0 Å². The van der Waals surface area contributed by atoms with Gasteiger partial charge in [-0.15, -0.1) is 0 Å². The van der Waals surface area contributed by atoms with Crippen LogP contribution in [0.5, 0.6) is 0 Å². The number of benzene rings is 2. The molecule has 3 amide bonds. The van der Waals surface area contributed by atoms with E-state index in [2.05, 4.69) is 32.8 Å². The molecule has 3 aromatic rings. The third-order valence-corrected chi connectivity index (χ3v) is 4.75. The van der Waals surface area contributed by atoms with Crippen LogP contribution in [-0.4, -0.2) is 47.0 Å². The lowest BCUT2D eigenvalue weighted by Gasteiger charge is -2.14. The summed E-state index contributed by atoms with van der Waals surface area (Å²) in [6, 6.07) is 16.2. The van der Waals surface area contributed by atoms with Gasteiger partial charge in [0.15, 0.2) is 0 Å². The van der Waals surface area contributed by atoms with E-state index in [0.29, 0.717) is 16.8 Å². The number of nitrogens with two attached hydrogens (primary N) is 1. The Bertz CT molecular complexity index is 1220. The maximum atomic E-state index is 12.2. The first-order valence-corrected chi connectivity index (χ1v) is 10.6. The summed E-state index contributed by atoms with van der Waals surface area (Å²) in [6.07, 6.45) is 3.30. The highest BCUT2D eigenvalue weighted by Crippen LogP contribution is 2.10. The van der Waals surface area contributed by atoms with Gasteiger partial charge in [0.25, 0.3) is 11.8 Å². The largest absolute Gasteiger partial charge is 0.375 e. The van der Waals surface area contributed by atoms with Crippen molar-refractivity contribution in [2.45, 2.75) is 13.5 Å². The van der Waals surface area contributed by atoms with Gasteiger partial charge in [0.1, 0.15) is 6.04 Å². The van der Waals surface area contributed by atoms with Crippen LogP contribution in [-0.2, 0) is 9.59 Å². The number of carbonyl (C=O) groups excluding carboxylic acids is 3. The lowest BCUT2D eigenvalue weighted by molar-refractivity contribution is -0.130. The van der Waals surface area contributed by atoms with Crippen molar-refractivity contribution >= 4 is 29.1 Å². The number of hydrogen-bond donors (Lipinski definition) is 6. The molecular weight excluding hydrogens is 460 g/mol. The molecule has 0 radical (unpaired) electrons. The van der Waals surface area contributed by atoms with Crippen molar-refractivity contribution < 1.29 is 19.6 Å². The molecule has 2 aromatic carbocycles. The number of amides is 3. The summed E-state index contributed by atoms with van der Waals surface area (Å²) in [6.45, 7) is -0.0464. The summed E-state index contributed by atoms with van der Waals surface area (Å²) in [4.78, 5) is 39.8. The first-order chi connectivity index (χ1) is 17.0. The van der Waals surface area contributed by atoms with E-state index in [4.69, 9.17) is 10.9 Å². The quantitative estimate of drug-likeness (QED) is 0.160. The number of pyridine rings is 1. The maximum Gasteiger partial charge on any atom is 0.267 e. The normalized spacial score (nSPS) is 10.5. The van der Waals surface area contributed by atoms with Crippen LogP contribution in [0.4, 0.5) is 11.4 Å². The standard InChI is InChI=1S/C25H24N6O4.CH4/c26-14-22(25(34)31-35)30-24(33)19-9-5-17(6-10-19)3-4-18-7-11-20(12-8-18)29-23(32)16-28-21-2-1-13-27-15-21;/h1-2,5-13,15,22,28,35H,14,16,26H2,(H,29,32)(H,30,33)(H,31,34);1H4/t22-;/m0./s1. The van der Waals surface area contributed by atoms with Gasteiger partial charge in [0.2, 0.25) is 5.91 Å². The summed E-state index contributed by atoms with van der Waals surface area (Å²) >= 11 is 0. The minimum absolute atomic E-state index is 0. The molecule has 36 heavy (non-hydrogen) atoms. The molecule has 0 bridgehead atoms. The zero-order valence-corrected chi connectivity index (χ0v) is 18.6. The van der Waals surface area contributed by atoms with E-state index >= 15 is 0 Å². The van der Waals surface area contributed by atoms with E-state index in [1.807, 2.05) is 6.07 Å². The second-order valence-corrected chi connectivity index (χ2v) is 7.29. The molecular formula is C26H28N6O4. The predicted octanol–water partition coefficient (Wildman–Crippen LogP) is 1.73. The first-order valence-electron chi connectivity index (χ1n) is 10.6. The lowest BCUT2D eigenvalue weighted by atomic mass is 10.1. The Kier molecular flexibility index (Phi) is 10.6. The average Bonchev–Trinajstić information content (AvgIpc) is 2.90. The molecule has 10 nitrogen and oxygen atoms in total. The Balaban J connectivity index is 0.00000456. The van der Waals surface area contributed by atoms with Crippen molar-refractivity contribution in [2.24, 2.45) is 5.73 Å². The second-order valence-electron chi connectivity index (χ2n) is 7.29. The van der Waals surface area contributed by atoms with Crippen LogP contribution >= 0.6 is 0 Å². The van der Waals surface area contributed by atoms with Gasteiger partial charge in [-0.25, -0.2) is 5.48 Å². The molecule has 1 aromatic heterocycles. The number of hydrogen-bond acceptors (Lipinski definition) is 7. The van der Waals surface area contributed by atoms with E-state index in [-0.39, 0.29) is 26.4 Å². The Hall–Kier alpha value is -4.72. The zero-order valence-electron chi connectivity index (χ0n) is 18.6. The highest BCUT2D eigenvalue weighted by Gasteiger charge is 2.19. The van der Waals surface area contributed by atoms with Crippen LogP contribution in [0.15, 0.2) is 73.1 Å². The Morgan fingerprint density at radius 1 is 0.944 bits per heavy atom. The van der Waals surface area contributed by atoms with Crippen molar-refractivity contribution in [2.75, 3.05) is 23.7 Å². The van der Waals surface area contributed by atoms with Gasteiger partial charge < -0.3 is 21.7 Å². The highest BCUT2D eigenvalue weighted by molar-refractivity contribution is 5.97. The molecule has 0 unspecified atom stereocenters. The topological polar surface area (TPSA) is 158 Å². The van der Waals surface area contributed by atoms with Gasteiger partial charge in [-0.2, -0.15) is 0 Å². The predicted molar refractivity (Wildman–Crippen MR) is 137 cm³/mol. The van der Waals surface area contributed by atoms with E-state index in [0.717, 1.165) is 11.3 Å². The molecule has 186 valence electrons. The fraction of sp³-hybridized carbons (Fsp3) is 0.154. The Labute approximate surface area is 209 Å². The van der Waals surface area contributed by atoms with Crippen LogP contribution in [0.2, 0.25) is 0 Å². The summed E-state index contributed by atoms with van der Waals surface area (Å²) in [5.41, 5.74) is 10.1. The molecule has 0 aliphatic rings. The Morgan fingerprint density at radius 2 is 1.58 bits per heavy atom. The van der Waals surface area contributed by atoms with Gasteiger partial charge >= 0.3 is 0 Å². The molecule has 0 saturated carbocycles. The van der Waals surface area contributed by atoms with Crippen molar-refractivity contribution in [1.82, 2.24) is 15.8 Å². The van der Waals surface area contributed by atoms with Crippen molar-refractivity contribution in [1.29, 1.82) is 0 Å². The third-order valence-electron chi connectivity index (χ3n) is 4.75. The summed E-state index contributed by atoms with van der Waals surface area (Å²) in [5, 5.41) is 16.9. The van der Waals surface area contributed by atoms with Gasteiger partial charge in [-0.3, -0.25) is 24.6 Å². The average molecular weight is 489 g/mol. The highest BCUT2D eigenvalue weighted by atomic mass is 16.5. The molecule has 10 heteroatoms. The fourth-order valence-electron chi connectivity index (χ4n) is 2.89. The van der Waals surface area contributed by atoms with Crippen LogP contribution in [0.1, 0.15) is 28.9 Å². The van der Waals surface area contributed by atoms with Gasteiger partial charge in [-0.1, -0.05) is 19.3 Å². The number of aromatic nitrogens is 1. The van der Waals surface area contributed by atoms with E-state index < -0.39 is 17.9 Å². The number of rotatable bonds is 8. The molecule has 3 rings (SSSR count). The fourth-order valence-corrected chi connectivity index (χ4v) is 2.89. The Morgan fingerprint density at radius 3 is 2.14 bits per heavy atom. The summed E-state index contributed by atoms with van der Waals surface area (Å²) < 4.78 is 0. The van der Waals surface area contributed by atoms with Crippen molar-refractivity contribution in [3.05, 3.63) is 89.7 Å². The monoisotopic (exact) mass is 488 g/mol. The van der Waals surface area contributed by atoms with Crippen LogP contribution < -0.4 is 27.2 Å². The van der Waals surface area contributed by atoms with Gasteiger partial charge in [-0.05, 0) is 60.7 Å². The molecule has 0 spiro atoms. The van der Waals surface area contributed by atoms with Crippen LogP contribution in [0, 0.1) is 11.8 Å². The van der Waals surface area contributed by atoms with Crippen LogP contribution in [0.25, 0.3) is 0 Å². The summed E-state index contributed by atoms with van der Waals surface area (Å²) in [7, 11) is 0. The molecule has 1 atom stereocenters. The number of anilines is 2. The van der Waals surface area contributed by atoms with Crippen LogP contribution in [0.3, 0.4) is 0 Å². The smallest absolute Gasteiger partial charge is 0.267 e. The zero-order chi connectivity index (χ0) is 25.0. The molecule has 0 aliphatic carbocycles. The maximum absolute atomic E-state index is 12.2. The van der Waals surface area contributed by atoms with Crippen molar-refractivity contribution in [3.8, 4) is 11.8 Å². The van der Waals surface area contributed by atoms with Gasteiger partial charge in [0, 0.05) is 41.3 Å².